The topological polar surface area (TPSA) is 250 Å². The molecule has 0 unspecified atom stereocenters. The molecule has 3 rings (SSSR count). The molecule has 0 amide bonds. The predicted octanol–water partition coefficient (Wildman–Crippen LogP) is 3.40. The quantitative estimate of drug-likeness (QED) is 0.200. The standard InChI is InChI=1S/3C7H8ClNO3S.Ni/c3*1-4-2-5(8)7(6(9)3-4)13(10,11)12;/h3*2-3H,9H2,1H3,(H,10,11,12);/q;;;+3/p-3. The minimum atomic E-state index is -4.59. The minimum Gasteiger partial charge on any atom is -0.744 e. The first-order chi connectivity index (χ1) is 17.5. The van der Waals surface area contributed by atoms with E-state index in [0.29, 0.717) is 16.7 Å². The zero-order valence-corrected chi connectivity index (χ0v) is 26.3. The third-order valence-electron chi connectivity index (χ3n) is 4.40. The van der Waals surface area contributed by atoms with Crippen LogP contribution in [0.1, 0.15) is 16.7 Å². The number of hydrogen-bond acceptors (Lipinski definition) is 12. The first-order valence-electron chi connectivity index (χ1n) is 10.0. The van der Waals surface area contributed by atoms with Gasteiger partial charge in [0, 0.05) is 0 Å². The molecule has 0 fully saturated rings. The van der Waals surface area contributed by atoms with Crippen molar-refractivity contribution in [1.82, 2.24) is 0 Å². The molecular formula is C21H21Cl3N3NiO9S3. The van der Waals surface area contributed by atoms with Gasteiger partial charge in [-0.3, -0.25) is 0 Å². The average Bonchev–Trinajstić information content (AvgIpc) is 2.62. The summed E-state index contributed by atoms with van der Waals surface area (Å²) in [6.45, 7) is 5.09. The van der Waals surface area contributed by atoms with E-state index in [0.717, 1.165) is 0 Å². The van der Waals surface area contributed by atoms with Gasteiger partial charge in [-0.05, 0) is 73.9 Å². The molecule has 1 radical (unpaired) electrons. The molecule has 0 aliphatic rings. The molecule has 3 aromatic rings. The first kappa shape index (κ1) is 38.2. The Morgan fingerprint density at radius 3 is 0.800 bits per heavy atom. The van der Waals surface area contributed by atoms with E-state index in [1.807, 2.05) is 0 Å². The normalized spacial score (nSPS) is 11.3. The summed E-state index contributed by atoms with van der Waals surface area (Å²) in [5, 5.41) is -0.396. The van der Waals surface area contributed by atoms with E-state index < -0.39 is 45.0 Å². The van der Waals surface area contributed by atoms with Gasteiger partial charge in [-0.15, -0.1) is 0 Å². The second kappa shape index (κ2) is 14.4. The summed E-state index contributed by atoms with van der Waals surface area (Å²) < 4.78 is 96.0. The Hall–Kier alpha value is -1.85. The molecule has 0 saturated carbocycles. The van der Waals surface area contributed by atoms with Gasteiger partial charge in [0.15, 0.2) is 0 Å². The Morgan fingerprint density at radius 1 is 0.500 bits per heavy atom. The van der Waals surface area contributed by atoms with Gasteiger partial charge in [-0.25, -0.2) is 25.3 Å². The van der Waals surface area contributed by atoms with Gasteiger partial charge in [0.2, 0.25) is 0 Å². The van der Waals surface area contributed by atoms with Crippen LogP contribution in [0.2, 0.25) is 15.1 Å². The Balaban J connectivity index is 0.000000563. The van der Waals surface area contributed by atoms with E-state index in [9.17, 15) is 38.9 Å². The summed E-state index contributed by atoms with van der Waals surface area (Å²) in [5.41, 5.74) is 17.8. The van der Waals surface area contributed by atoms with Gasteiger partial charge < -0.3 is 30.9 Å². The maximum absolute atomic E-state index is 10.7. The molecule has 0 atom stereocenters. The SMILES string of the molecule is Cc1cc(N)c(S(=O)(=O)[O-])c(Cl)c1.Cc1cc(N)c(S(=O)(=O)[O-])c(Cl)c1.Cc1cc(N)c(S(=O)(=O)[O-])c(Cl)c1.[Ni+3]. The summed E-state index contributed by atoms with van der Waals surface area (Å²) in [6, 6.07) is 8.29. The van der Waals surface area contributed by atoms with E-state index in [1.54, 1.807) is 20.8 Å². The average molecular weight is 721 g/mol. The van der Waals surface area contributed by atoms with Gasteiger partial charge in [0.25, 0.3) is 0 Å². The molecule has 0 aliphatic heterocycles. The van der Waals surface area contributed by atoms with Crippen molar-refractivity contribution in [3.8, 4) is 0 Å². The molecule has 0 heterocycles. The van der Waals surface area contributed by atoms with Gasteiger partial charge in [0.1, 0.15) is 30.4 Å². The third kappa shape index (κ3) is 10.9. The van der Waals surface area contributed by atoms with Crippen LogP contribution < -0.4 is 17.2 Å². The van der Waals surface area contributed by atoms with Crippen molar-refractivity contribution in [1.29, 1.82) is 0 Å². The van der Waals surface area contributed by atoms with Crippen molar-refractivity contribution in [3.05, 3.63) is 68.2 Å². The molecule has 223 valence electrons. The zero-order valence-electron chi connectivity index (χ0n) is 20.5. The minimum absolute atomic E-state index is 0. The number of benzene rings is 3. The predicted molar refractivity (Wildman–Crippen MR) is 146 cm³/mol. The van der Waals surface area contributed by atoms with E-state index in [2.05, 4.69) is 0 Å². The molecule has 40 heavy (non-hydrogen) atoms. The van der Waals surface area contributed by atoms with E-state index >= 15 is 0 Å². The summed E-state index contributed by atoms with van der Waals surface area (Å²) in [7, 11) is -13.8. The molecule has 0 aliphatic carbocycles. The Morgan fingerprint density at radius 2 is 0.675 bits per heavy atom. The van der Waals surface area contributed by atoms with Crippen molar-refractivity contribution in [2.45, 2.75) is 35.5 Å². The van der Waals surface area contributed by atoms with Crippen LogP contribution in [0.3, 0.4) is 0 Å². The van der Waals surface area contributed by atoms with Crippen molar-refractivity contribution in [2.75, 3.05) is 17.2 Å². The third-order valence-corrected chi connectivity index (χ3v) is 8.50. The van der Waals surface area contributed by atoms with Crippen LogP contribution in [0.5, 0.6) is 0 Å². The van der Waals surface area contributed by atoms with E-state index in [1.165, 1.54) is 36.4 Å². The van der Waals surface area contributed by atoms with Crippen molar-refractivity contribution >= 4 is 82.2 Å². The van der Waals surface area contributed by atoms with Crippen LogP contribution >= 0.6 is 34.8 Å². The Kier molecular flexibility index (Phi) is 13.7. The summed E-state index contributed by atoms with van der Waals surface area (Å²) in [6.07, 6.45) is 0. The van der Waals surface area contributed by atoms with Crippen molar-refractivity contribution in [3.63, 3.8) is 0 Å². The van der Waals surface area contributed by atoms with Gasteiger partial charge in [-0.1, -0.05) is 34.8 Å². The fourth-order valence-electron chi connectivity index (χ4n) is 3.06. The van der Waals surface area contributed by atoms with Crippen molar-refractivity contribution in [2.24, 2.45) is 0 Å². The van der Waals surface area contributed by atoms with Gasteiger partial charge in [-0.2, -0.15) is 0 Å². The smallest absolute Gasteiger partial charge is 0.744 e. The second-order valence-electron chi connectivity index (χ2n) is 7.86. The van der Waals surface area contributed by atoms with Crippen LogP contribution in [0.15, 0.2) is 51.1 Å². The molecule has 0 bridgehead atoms. The fraction of sp³-hybridized carbons (Fsp3) is 0.143. The molecule has 0 spiro atoms. The number of halogens is 3. The van der Waals surface area contributed by atoms with Gasteiger partial charge in [0.05, 0.1) is 46.8 Å². The molecule has 0 aromatic heterocycles. The fourth-order valence-corrected chi connectivity index (χ4v) is 6.69. The maximum atomic E-state index is 10.7. The van der Waals surface area contributed by atoms with Crippen LogP contribution in [0, 0.1) is 20.8 Å². The van der Waals surface area contributed by atoms with Crippen molar-refractivity contribution < 1.29 is 55.4 Å². The van der Waals surface area contributed by atoms with Gasteiger partial charge >= 0.3 is 16.5 Å². The van der Waals surface area contributed by atoms with Crippen LogP contribution in [-0.2, 0) is 46.8 Å². The maximum Gasteiger partial charge on any atom is 3.00 e. The molecule has 19 heteroatoms. The number of anilines is 3. The molecule has 0 saturated heterocycles. The number of nitrogen functional groups attached to an aromatic ring is 3. The Labute approximate surface area is 257 Å². The monoisotopic (exact) mass is 718 g/mol. The zero-order chi connectivity index (χ0) is 30.7. The largest absolute Gasteiger partial charge is 3.00 e. The molecule has 3 aromatic carbocycles. The second-order valence-corrected chi connectivity index (χ2v) is 13.0. The summed E-state index contributed by atoms with van der Waals surface area (Å²) >= 11 is 16.7. The summed E-state index contributed by atoms with van der Waals surface area (Å²) in [4.78, 5) is -1.63. The molecule has 6 N–H and O–H groups in total. The number of aryl methyl sites for hydroxylation is 3. The van der Waals surface area contributed by atoms with Crippen LogP contribution in [0.4, 0.5) is 17.1 Å². The summed E-state index contributed by atoms with van der Waals surface area (Å²) in [5.74, 6) is 0. The molecular weight excluding hydrogens is 699 g/mol. The number of nitrogens with two attached hydrogens (primary N) is 3. The Bertz CT molecular complexity index is 1460. The number of rotatable bonds is 3. The van der Waals surface area contributed by atoms with Crippen LogP contribution in [-0.4, -0.2) is 38.9 Å². The first-order valence-corrected chi connectivity index (χ1v) is 15.4. The van der Waals surface area contributed by atoms with E-state index in [4.69, 9.17) is 52.0 Å². The number of hydrogen-bond donors (Lipinski definition) is 3. The molecule has 12 nitrogen and oxygen atoms in total. The van der Waals surface area contributed by atoms with Crippen LogP contribution in [0.25, 0.3) is 0 Å². The van der Waals surface area contributed by atoms with E-state index in [-0.39, 0.29) is 48.6 Å².